The standard InChI is InChI=1S/C22H16FNO3S/c23-17-6-4-15(5-7-17)21-11-9-19(28-21)8-10-20(25)16-2-1-3-18(14-16)24-12-13-27-22(24)26/h1-11,14H,12-13H2. The summed E-state index contributed by atoms with van der Waals surface area (Å²) in [6.45, 7) is 0.833. The van der Waals surface area contributed by atoms with Crippen LogP contribution in [-0.4, -0.2) is 25.0 Å². The quantitative estimate of drug-likeness (QED) is 0.430. The molecule has 6 heteroatoms. The van der Waals surface area contributed by atoms with Crippen LogP contribution in [-0.2, 0) is 4.74 Å². The Bertz CT molecular complexity index is 1060. The lowest BCUT2D eigenvalue weighted by Crippen LogP contribution is -2.23. The van der Waals surface area contributed by atoms with Crippen molar-refractivity contribution in [1.82, 2.24) is 0 Å². The number of allylic oxidation sites excluding steroid dienone is 1. The zero-order valence-electron chi connectivity index (χ0n) is 14.8. The van der Waals surface area contributed by atoms with E-state index < -0.39 is 6.09 Å². The van der Waals surface area contributed by atoms with E-state index in [1.54, 1.807) is 42.5 Å². The molecule has 1 amide bonds. The summed E-state index contributed by atoms with van der Waals surface area (Å²) in [7, 11) is 0. The van der Waals surface area contributed by atoms with Gasteiger partial charge in [-0.05, 0) is 54.1 Å². The third kappa shape index (κ3) is 3.87. The van der Waals surface area contributed by atoms with Gasteiger partial charge in [-0.1, -0.05) is 24.3 Å². The summed E-state index contributed by atoms with van der Waals surface area (Å²) < 4.78 is 18.0. The molecular formula is C22H16FNO3S. The maximum atomic E-state index is 13.1. The normalized spacial score (nSPS) is 13.9. The van der Waals surface area contributed by atoms with Crippen LogP contribution >= 0.6 is 11.3 Å². The van der Waals surface area contributed by atoms with E-state index in [-0.39, 0.29) is 11.6 Å². The molecule has 4 nitrogen and oxygen atoms in total. The molecule has 0 unspecified atom stereocenters. The number of ketones is 1. The van der Waals surface area contributed by atoms with E-state index in [4.69, 9.17) is 4.74 Å². The minimum atomic E-state index is -0.396. The summed E-state index contributed by atoms with van der Waals surface area (Å²) in [5, 5.41) is 0. The molecule has 1 aliphatic heterocycles. The highest BCUT2D eigenvalue weighted by Gasteiger charge is 2.23. The molecule has 140 valence electrons. The number of hydrogen-bond acceptors (Lipinski definition) is 4. The van der Waals surface area contributed by atoms with Crippen LogP contribution in [0.4, 0.5) is 14.9 Å². The number of carbonyl (C=O) groups is 2. The molecule has 0 bridgehead atoms. The van der Waals surface area contributed by atoms with E-state index in [2.05, 4.69) is 0 Å². The van der Waals surface area contributed by atoms with E-state index in [0.717, 1.165) is 15.3 Å². The van der Waals surface area contributed by atoms with Crippen LogP contribution in [0, 0.1) is 5.82 Å². The van der Waals surface area contributed by atoms with Gasteiger partial charge >= 0.3 is 6.09 Å². The Morgan fingerprint density at radius 3 is 2.68 bits per heavy atom. The summed E-state index contributed by atoms with van der Waals surface area (Å²) in [4.78, 5) is 27.6. The van der Waals surface area contributed by atoms with E-state index in [1.165, 1.54) is 34.4 Å². The number of halogens is 1. The Morgan fingerprint density at radius 1 is 1.11 bits per heavy atom. The first kappa shape index (κ1) is 18.1. The van der Waals surface area contributed by atoms with Gasteiger partial charge in [-0.3, -0.25) is 9.69 Å². The number of rotatable bonds is 5. The lowest BCUT2D eigenvalue weighted by molar-refractivity contribution is 0.104. The van der Waals surface area contributed by atoms with Gasteiger partial charge in [-0.2, -0.15) is 0 Å². The molecule has 1 aliphatic rings. The number of hydrogen-bond donors (Lipinski definition) is 0. The van der Waals surface area contributed by atoms with Crippen molar-refractivity contribution in [3.8, 4) is 10.4 Å². The second-order valence-corrected chi connectivity index (χ2v) is 7.34. The van der Waals surface area contributed by atoms with Crippen molar-refractivity contribution in [2.75, 3.05) is 18.1 Å². The van der Waals surface area contributed by atoms with Crippen LogP contribution in [0.2, 0.25) is 0 Å². The fourth-order valence-corrected chi connectivity index (χ4v) is 3.84. The van der Waals surface area contributed by atoms with Gasteiger partial charge in [0.15, 0.2) is 5.78 Å². The fourth-order valence-electron chi connectivity index (χ4n) is 2.92. The molecular weight excluding hydrogens is 377 g/mol. The lowest BCUT2D eigenvalue weighted by Gasteiger charge is -2.13. The summed E-state index contributed by atoms with van der Waals surface area (Å²) in [6.07, 6.45) is 2.88. The first-order valence-corrected chi connectivity index (χ1v) is 9.54. The van der Waals surface area contributed by atoms with Gasteiger partial charge in [-0.15, -0.1) is 11.3 Å². The van der Waals surface area contributed by atoms with Gasteiger partial charge in [0.2, 0.25) is 0 Å². The summed E-state index contributed by atoms with van der Waals surface area (Å²) in [5.41, 5.74) is 2.09. The SMILES string of the molecule is O=C(C=Cc1ccc(-c2ccc(F)cc2)s1)c1cccc(N2CCOC2=O)c1. The van der Waals surface area contributed by atoms with Gasteiger partial charge in [0.05, 0.1) is 6.54 Å². The first-order chi connectivity index (χ1) is 13.6. The molecule has 0 atom stereocenters. The second-order valence-electron chi connectivity index (χ2n) is 6.22. The van der Waals surface area contributed by atoms with Gasteiger partial charge in [0.25, 0.3) is 0 Å². The molecule has 3 aromatic rings. The molecule has 0 saturated carbocycles. The number of nitrogens with zero attached hydrogens (tertiary/aromatic N) is 1. The Balaban J connectivity index is 1.49. The Morgan fingerprint density at radius 2 is 1.93 bits per heavy atom. The topological polar surface area (TPSA) is 46.6 Å². The smallest absolute Gasteiger partial charge is 0.414 e. The zero-order chi connectivity index (χ0) is 19.5. The second kappa shape index (κ2) is 7.78. The molecule has 0 radical (unpaired) electrons. The molecule has 28 heavy (non-hydrogen) atoms. The van der Waals surface area contributed by atoms with Crippen molar-refractivity contribution in [2.45, 2.75) is 0 Å². The fraction of sp³-hybridized carbons (Fsp3) is 0.0909. The third-order valence-corrected chi connectivity index (χ3v) is 5.46. The highest BCUT2D eigenvalue weighted by atomic mass is 32.1. The molecule has 2 aromatic carbocycles. The van der Waals surface area contributed by atoms with E-state index in [1.807, 2.05) is 12.1 Å². The maximum absolute atomic E-state index is 13.1. The minimum absolute atomic E-state index is 0.147. The number of ether oxygens (including phenoxy) is 1. The van der Waals surface area contributed by atoms with Gasteiger partial charge in [0.1, 0.15) is 12.4 Å². The molecule has 0 aliphatic carbocycles. The molecule has 4 rings (SSSR count). The van der Waals surface area contributed by atoms with Crippen LogP contribution in [0.1, 0.15) is 15.2 Å². The average Bonchev–Trinajstić information content (AvgIpc) is 3.36. The molecule has 1 aromatic heterocycles. The molecule has 1 fully saturated rings. The van der Waals surface area contributed by atoms with Crippen molar-refractivity contribution in [2.24, 2.45) is 0 Å². The van der Waals surface area contributed by atoms with Crippen LogP contribution in [0.25, 0.3) is 16.5 Å². The maximum Gasteiger partial charge on any atom is 0.414 e. The number of amides is 1. The van der Waals surface area contributed by atoms with Crippen LogP contribution < -0.4 is 4.90 Å². The summed E-state index contributed by atoms with van der Waals surface area (Å²) in [5.74, 6) is -0.415. The van der Waals surface area contributed by atoms with Crippen molar-refractivity contribution in [1.29, 1.82) is 0 Å². The van der Waals surface area contributed by atoms with Crippen molar-refractivity contribution >= 4 is 35.0 Å². The number of benzene rings is 2. The largest absolute Gasteiger partial charge is 0.447 e. The van der Waals surface area contributed by atoms with E-state index >= 15 is 0 Å². The Kier molecular flexibility index (Phi) is 5.04. The Labute approximate surface area is 165 Å². The van der Waals surface area contributed by atoms with Crippen molar-refractivity contribution in [3.05, 3.63) is 83.0 Å². The van der Waals surface area contributed by atoms with E-state index in [0.29, 0.717) is 24.4 Å². The van der Waals surface area contributed by atoms with Crippen molar-refractivity contribution < 1.29 is 18.7 Å². The first-order valence-electron chi connectivity index (χ1n) is 8.73. The average molecular weight is 393 g/mol. The number of carbonyl (C=O) groups excluding carboxylic acids is 2. The molecule has 0 spiro atoms. The monoisotopic (exact) mass is 393 g/mol. The predicted molar refractivity (Wildman–Crippen MR) is 108 cm³/mol. The lowest BCUT2D eigenvalue weighted by atomic mass is 10.1. The van der Waals surface area contributed by atoms with Gasteiger partial charge in [-0.25, -0.2) is 9.18 Å². The third-order valence-electron chi connectivity index (χ3n) is 4.36. The zero-order valence-corrected chi connectivity index (χ0v) is 15.6. The number of anilines is 1. The Hall–Kier alpha value is -3.25. The number of thiophene rings is 1. The van der Waals surface area contributed by atoms with E-state index in [9.17, 15) is 14.0 Å². The summed E-state index contributed by atoms with van der Waals surface area (Å²) in [6, 6.07) is 17.1. The number of cyclic esters (lactones) is 1. The van der Waals surface area contributed by atoms with Crippen LogP contribution in [0.15, 0.2) is 66.7 Å². The van der Waals surface area contributed by atoms with Gasteiger partial charge < -0.3 is 4.74 Å². The summed E-state index contributed by atoms with van der Waals surface area (Å²) >= 11 is 1.52. The highest BCUT2D eigenvalue weighted by molar-refractivity contribution is 7.16. The minimum Gasteiger partial charge on any atom is -0.447 e. The van der Waals surface area contributed by atoms with Crippen LogP contribution in [0.5, 0.6) is 0 Å². The molecule has 1 saturated heterocycles. The van der Waals surface area contributed by atoms with Crippen molar-refractivity contribution in [3.63, 3.8) is 0 Å². The van der Waals surface area contributed by atoms with Crippen LogP contribution in [0.3, 0.4) is 0 Å². The molecule has 0 N–H and O–H groups in total. The molecule has 2 heterocycles. The van der Waals surface area contributed by atoms with Gasteiger partial charge in [0, 0.05) is 21.0 Å². The predicted octanol–water partition coefficient (Wildman–Crippen LogP) is 5.41. The highest BCUT2D eigenvalue weighted by Crippen LogP contribution is 2.29.